The number of benzene rings is 1. The van der Waals surface area contributed by atoms with E-state index in [0.717, 1.165) is 16.3 Å². The topological polar surface area (TPSA) is 17.8 Å². The van der Waals surface area contributed by atoms with Gasteiger partial charge in [-0.1, -0.05) is 32.9 Å². The van der Waals surface area contributed by atoms with Crippen LogP contribution < -0.4 is 0 Å². The summed E-state index contributed by atoms with van der Waals surface area (Å²) in [6, 6.07) is 8.11. The van der Waals surface area contributed by atoms with Gasteiger partial charge < -0.3 is 0 Å². The first-order valence-corrected chi connectivity index (χ1v) is 6.34. The van der Waals surface area contributed by atoms with Crippen molar-refractivity contribution in [3.63, 3.8) is 0 Å². The normalized spacial score (nSPS) is 12.8. The smallest absolute Gasteiger partial charge is 0.228 e. The molecule has 0 radical (unpaired) electrons. The third-order valence-corrected chi connectivity index (χ3v) is 3.08. The van der Waals surface area contributed by atoms with Crippen LogP contribution in [0.15, 0.2) is 30.3 Å². The van der Waals surface area contributed by atoms with Crippen molar-refractivity contribution in [2.45, 2.75) is 39.3 Å². The maximum atomic E-state index is 13.0. The van der Waals surface area contributed by atoms with Crippen LogP contribution in [0.4, 0.5) is 13.2 Å². The summed E-state index contributed by atoms with van der Waals surface area (Å²) in [5.74, 6) is 0. The van der Waals surface area contributed by atoms with Crippen LogP contribution in [0.5, 0.6) is 0 Å². The summed E-state index contributed by atoms with van der Waals surface area (Å²) in [7, 11) is 0. The summed E-state index contributed by atoms with van der Waals surface area (Å²) in [5, 5.41) is 3.97. The molecule has 0 atom stereocenters. The molecule has 0 amide bonds. The molecular formula is C15H17F3N2. The van der Waals surface area contributed by atoms with E-state index in [1.165, 1.54) is 0 Å². The predicted molar refractivity (Wildman–Crippen MR) is 72.0 cm³/mol. The van der Waals surface area contributed by atoms with Gasteiger partial charge in [0, 0.05) is 0 Å². The van der Waals surface area contributed by atoms with Gasteiger partial charge in [0.05, 0.1) is 11.4 Å². The van der Waals surface area contributed by atoms with Crippen LogP contribution in [0.1, 0.15) is 37.7 Å². The predicted octanol–water partition coefficient (Wildman–Crippen LogP) is 4.50. The van der Waals surface area contributed by atoms with Gasteiger partial charge in [-0.05, 0) is 36.1 Å². The van der Waals surface area contributed by atoms with Crippen molar-refractivity contribution in [1.82, 2.24) is 9.78 Å². The van der Waals surface area contributed by atoms with Gasteiger partial charge in [0.25, 0.3) is 0 Å². The molecule has 0 unspecified atom stereocenters. The van der Waals surface area contributed by atoms with Crippen molar-refractivity contribution in [1.29, 1.82) is 0 Å². The summed E-state index contributed by atoms with van der Waals surface area (Å²) < 4.78 is 40.0. The Balaban J connectivity index is 2.58. The van der Waals surface area contributed by atoms with E-state index >= 15 is 0 Å². The van der Waals surface area contributed by atoms with Gasteiger partial charge in [0.1, 0.15) is 5.69 Å². The van der Waals surface area contributed by atoms with E-state index in [9.17, 15) is 13.2 Å². The van der Waals surface area contributed by atoms with Crippen LogP contribution in [-0.4, -0.2) is 9.78 Å². The van der Waals surface area contributed by atoms with Crippen molar-refractivity contribution >= 4 is 0 Å². The molecule has 0 aliphatic carbocycles. The van der Waals surface area contributed by atoms with Gasteiger partial charge in [-0.15, -0.1) is 0 Å². The van der Waals surface area contributed by atoms with E-state index in [2.05, 4.69) is 5.10 Å². The lowest BCUT2D eigenvalue weighted by atomic mass is 9.87. The highest BCUT2D eigenvalue weighted by atomic mass is 19.4. The summed E-state index contributed by atoms with van der Waals surface area (Å²) in [6.45, 7) is 7.61. The fourth-order valence-corrected chi connectivity index (χ4v) is 2.00. The average Bonchev–Trinajstić information content (AvgIpc) is 2.70. The molecule has 0 bridgehead atoms. The molecule has 1 aromatic heterocycles. The second-order valence-corrected chi connectivity index (χ2v) is 5.88. The number of nitrogens with zero attached hydrogens (tertiary/aromatic N) is 2. The zero-order valence-electron chi connectivity index (χ0n) is 11.9. The first-order chi connectivity index (χ1) is 9.09. The van der Waals surface area contributed by atoms with Gasteiger partial charge in [-0.25, -0.2) is 4.68 Å². The standard InChI is InChI=1S/C15H17F3N2/c1-10-8-13(15(16,17)18)20(19-10)12-7-5-6-11(9-12)14(2,3)4/h5-9H,1-4H3. The van der Waals surface area contributed by atoms with Crippen LogP contribution in [0.3, 0.4) is 0 Å². The quantitative estimate of drug-likeness (QED) is 0.753. The molecule has 1 aromatic carbocycles. The molecule has 0 aliphatic rings. The molecule has 0 aliphatic heterocycles. The van der Waals surface area contributed by atoms with Crippen molar-refractivity contribution in [3.8, 4) is 5.69 Å². The maximum absolute atomic E-state index is 13.0. The molecule has 0 spiro atoms. The molecule has 2 nitrogen and oxygen atoms in total. The highest BCUT2D eigenvalue weighted by molar-refractivity contribution is 5.40. The van der Waals surface area contributed by atoms with E-state index in [4.69, 9.17) is 0 Å². The molecule has 1 heterocycles. The second kappa shape index (κ2) is 4.65. The zero-order valence-corrected chi connectivity index (χ0v) is 11.9. The van der Waals surface area contributed by atoms with Gasteiger partial charge >= 0.3 is 6.18 Å². The zero-order chi connectivity index (χ0) is 15.1. The highest BCUT2D eigenvalue weighted by Gasteiger charge is 2.36. The van der Waals surface area contributed by atoms with Crippen molar-refractivity contribution in [2.24, 2.45) is 0 Å². The number of hydrogen-bond donors (Lipinski definition) is 0. The molecule has 20 heavy (non-hydrogen) atoms. The fraction of sp³-hybridized carbons (Fsp3) is 0.400. The molecule has 0 saturated heterocycles. The van der Waals surface area contributed by atoms with Crippen LogP contribution in [0.25, 0.3) is 5.69 Å². The minimum atomic E-state index is -4.42. The van der Waals surface area contributed by atoms with Gasteiger partial charge in [0.2, 0.25) is 0 Å². The Kier molecular flexibility index (Phi) is 3.40. The highest BCUT2D eigenvalue weighted by Crippen LogP contribution is 2.32. The van der Waals surface area contributed by atoms with Crippen LogP contribution >= 0.6 is 0 Å². The van der Waals surface area contributed by atoms with Crippen LogP contribution in [0.2, 0.25) is 0 Å². The fourth-order valence-electron chi connectivity index (χ4n) is 2.00. The molecule has 0 N–H and O–H groups in total. The van der Waals surface area contributed by atoms with Gasteiger partial charge in [-0.3, -0.25) is 0 Å². The lowest BCUT2D eigenvalue weighted by Crippen LogP contribution is -2.15. The van der Waals surface area contributed by atoms with E-state index in [1.54, 1.807) is 25.1 Å². The first kappa shape index (κ1) is 14.6. The summed E-state index contributed by atoms with van der Waals surface area (Å²) in [6.07, 6.45) is -4.42. The molecule has 108 valence electrons. The number of rotatable bonds is 1. The second-order valence-electron chi connectivity index (χ2n) is 5.88. The summed E-state index contributed by atoms with van der Waals surface area (Å²) in [5.41, 5.74) is 0.866. The Labute approximate surface area is 116 Å². The van der Waals surface area contributed by atoms with Gasteiger partial charge in [-0.2, -0.15) is 18.3 Å². The molecular weight excluding hydrogens is 265 g/mol. The van der Waals surface area contributed by atoms with Crippen molar-refractivity contribution in [2.75, 3.05) is 0 Å². The number of hydrogen-bond acceptors (Lipinski definition) is 1. The monoisotopic (exact) mass is 282 g/mol. The minimum Gasteiger partial charge on any atom is -0.228 e. The van der Waals surface area contributed by atoms with Crippen LogP contribution in [0, 0.1) is 6.92 Å². The SMILES string of the molecule is Cc1cc(C(F)(F)F)n(-c2cccc(C(C)(C)C)c2)n1. The van der Waals surface area contributed by atoms with E-state index in [-0.39, 0.29) is 5.41 Å². The van der Waals surface area contributed by atoms with E-state index in [1.807, 2.05) is 26.8 Å². The maximum Gasteiger partial charge on any atom is 0.433 e. The van der Waals surface area contributed by atoms with Crippen LogP contribution in [-0.2, 0) is 11.6 Å². The number of aryl methyl sites for hydroxylation is 1. The Morgan fingerprint density at radius 2 is 1.70 bits per heavy atom. The third-order valence-electron chi connectivity index (χ3n) is 3.08. The van der Waals surface area contributed by atoms with Crippen molar-refractivity contribution < 1.29 is 13.2 Å². The summed E-state index contributed by atoms with van der Waals surface area (Å²) in [4.78, 5) is 0. The largest absolute Gasteiger partial charge is 0.433 e. The number of aromatic nitrogens is 2. The Morgan fingerprint density at radius 3 is 2.25 bits per heavy atom. The van der Waals surface area contributed by atoms with Crippen molar-refractivity contribution in [3.05, 3.63) is 47.3 Å². The Bertz CT molecular complexity index is 619. The molecule has 0 fully saturated rings. The first-order valence-electron chi connectivity index (χ1n) is 6.34. The average molecular weight is 282 g/mol. The van der Waals surface area contributed by atoms with E-state index in [0.29, 0.717) is 11.4 Å². The third kappa shape index (κ3) is 2.86. The minimum absolute atomic E-state index is 0.128. The molecule has 0 saturated carbocycles. The Morgan fingerprint density at radius 1 is 1.05 bits per heavy atom. The number of halogens is 3. The summed E-state index contributed by atoms with van der Waals surface area (Å²) >= 11 is 0. The van der Waals surface area contributed by atoms with Gasteiger partial charge in [0.15, 0.2) is 0 Å². The molecule has 5 heteroatoms. The number of alkyl halides is 3. The van der Waals surface area contributed by atoms with E-state index < -0.39 is 11.9 Å². The lowest BCUT2D eigenvalue weighted by Gasteiger charge is -2.20. The molecule has 2 aromatic rings. The lowest BCUT2D eigenvalue weighted by molar-refractivity contribution is -0.142. The Hall–Kier alpha value is -1.78. The molecule has 2 rings (SSSR count).